The topological polar surface area (TPSA) is 82.6 Å². The van der Waals surface area contributed by atoms with Crippen LogP contribution in [0.5, 0.6) is 0 Å². The number of halogens is 1. The van der Waals surface area contributed by atoms with Crippen molar-refractivity contribution in [1.82, 2.24) is 20.1 Å². The van der Waals surface area contributed by atoms with Crippen LogP contribution in [0, 0.1) is 0 Å². The van der Waals surface area contributed by atoms with Gasteiger partial charge in [-0.15, -0.1) is 11.3 Å². The van der Waals surface area contributed by atoms with Gasteiger partial charge in [0.1, 0.15) is 6.04 Å². The van der Waals surface area contributed by atoms with E-state index in [2.05, 4.69) is 10.3 Å². The van der Waals surface area contributed by atoms with Crippen molar-refractivity contribution in [2.24, 2.45) is 0 Å². The SMILES string of the molecule is O=C(CC1C(=O)N(CCc2ccccn2)CC(=O)N1CCc1cccs1)NCCc1ccc(Cl)cc1. The smallest absolute Gasteiger partial charge is 0.246 e. The molecule has 4 rings (SSSR count). The van der Waals surface area contributed by atoms with Crippen LogP contribution in [-0.4, -0.2) is 64.7 Å². The number of piperazine rings is 1. The summed E-state index contributed by atoms with van der Waals surface area (Å²) in [4.78, 5) is 48.0. The molecule has 1 N–H and O–H groups in total. The minimum Gasteiger partial charge on any atom is -0.356 e. The number of carbonyl (C=O) groups excluding carboxylic acids is 3. The number of thiophene rings is 1. The van der Waals surface area contributed by atoms with E-state index in [0.29, 0.717) is 43.9 Å². The highest BCUT2D eigenvalue weighted by Crippen LogP contribution is 2.19. The summed E-state index contributed by atoms with van der Waals surface area (Å²) in [6.45, 7) is 1.25. The number of hydrogen-bond acceptors (Lipinski definition) is 5. The molecule has 3 heterocycles. The highest BCUT2D eigenvalue weighted by Gasteiger charge is 2.40. The summed E-state index contributed by atoms with van der Waals surface area (Å²) in [7, 11) is 0. The molecular formula is C27H29ClN4O3S. The standard InChI is InChI=1S/C27H29ClN4O3S/c28-21-8-6-20(7-9-21)10-14-30-25(33)18-24-27(35)31(15-11-22-4-1-2-13-29-22)19-26(34)32(24)16-12-23-5-3-17-36-23/h1-9,13,17,24H,10-12,14-16,18-19H2,(H,30,33). The van der Waals surface area contributed by atoms with Crippen molar-refractivity contribution in [2.45, 2.75) is 31.7 Å². The largest absolute Gasteiger partial charge is 0.356 e. The first kappa shape index (κ1) is 25.9. The Balaban J connectivity index is 1.39. The van der Waals surface area contributed by atoms with Gasteiger partial charge in [-0.3, -0.25) is 19.4 Å². The van der Waals surface area contributed by atoms with Crippen LogP contribution < -0.4 is 5.32 Å². The monoisotopic (exact) mass is 524 g/mol. The van der Waals surface area contributed by atoms with Gasteiger partial charge in [0.2, 0.25) is 17.7 Å². The molecule has 36 heavy (non-hydrogen) atoms. The highest BCUT2D eigenvalue weighted by molar-refractivity contribution is 7.09. The zero-order valence-electron chi connectivity index (χ0n) is 19.9. The molecule has 188 valence electrons. The van der Waals surface area contributed by atoms with Crippen molar-refractivity contribution in [3.63, 3.8) is 0 Å². The number of benzene rings is 1. The molecule has 3 amide bonds. The van der Waals surface area contributed by atoms with Gasteiger partial charge in [-0.05, 0) is 54.1 Å². The number of pyridine rings is 1. The number of carbonyl (C=O) groups is 3. The molecule has 0 bridgehead atoms. The fraction of sp³-hybridized carbons (Fsp3) is 0.333. The predicted octanol–water partition coefficient (Wildman–Crippen LogP) is 3.37. The molecule has 0 radical (unpaired) electrons. The number of nitrogens with zero attached hydrogens (tertiary/aromatic N) is 3. The van der Waals surface area contributed by atoms with Crippen molar-refractivity contribution >= 4 is 40.7 Å². The third-order valence-electron chi connectivity index (χ3n) is 6.19. The van der Waals surface area contributed by atoms with E-state index in [1.165, 1.54) is 0 Å². The summed E-state index contributed by atoms with van der Waals surface area (Å²) < 4.78 is 0. The number of amides is 3. The number of nitrogens with one attached hydrogen (secondary N) is 1. The Labute approximate surface area is 220 Å². The summed E-state index contributed by atoms with van der Waals surface area (Å²) in [5.74, 6) is -0.571. The van der Waals surface area contributed by atoms with Gasteiger partial charge < -0.3 is 15.1 Å². The van der Waals surface area contributed by atoms with Crippen LogP contribution in [0.1, 0.15) is 22.6 Å². The van der Waals surface area contributed by atoms with Crippen LogP contribution in [0.15, 0.2) is 66.2 Å². The minimum atomic E-state index is -0.814. The molecule has 1 aliphatic heterocycles. The van der Waals surface area contributed by atoms with E-state index >= 15 is 0 Å². The maximum absolute atomic E-state index is 13.4. The number of rotatable bonds is 11. The second-order valence-corrected chi connectivity index (χ2v) is 10.2. The molecule has 9 heteroatoms. The molecule has 0 spiro atoms. The molecular weight excluding hydrogens is 496 g/mol. The van der Waals surface area contributed by atoms with E-state index in [1.54, 1.807) is 27.3 Å². The van der Waals surface area contributed by atoms with Crippen LogP contribution >= 0.6 is 22.9 Å². The van der Waals surface area contributed by atoms with Gasteiger partial charge in [-0.2, -0.15) is 0 Å². The normalized spacial score (nSPS) is 15.9. The fourth-order valence-electron chi connectivity index (χ4n) is 4.24. The Morgan fingerprint density at radius 1 is 1.03 bits per heavy atom. The van der Waals surface area contributed by atoms with Crippen LogP contribution in [0.3, 0.4) is 0 Å². The molecule has 7 nitrogen and oxygen atoms in total. The van der Waals surface area contributed by atoms with E-state index in [9.17, 15) is 14.4 Å². The Morgan fingerprint density at radius 2 is 1.86 bits per heavy atom. The van der Waals surface area contributed by atoms with Gasteiger partial charge in [0.25, 0.3) is 0 Å². The van der Waals surface area contributed by atoms with Crippen molar-refractivity contribution in [3.8, 4) is 0 Å². The van der Waals surface area contributed by atoms with Crippen molar-refractivity contribution in [1.29, 1.82) is 0 Å². The summed E-state index contributed by atoms with van der Waals surface area (Å²) in [6.07, 6.45) is 3.50. The molecule has 1 atom stereocenters. The molecule has 1 unspecified atom stereocenters. The van der Waals surface area contributed by atoms with Gasteiger partial charge >= 0.3 is 0 Å². The lowest BCUT2D eigenvalue weighted by molar-refractivity contribution is -0.157. The average Bonchev–Trinajstić information content (AvgIpc) is 3.40. The van der Waals surface area contributed by atoms with Crippen LogP contribution in [0.4, 0.5) is 0 Å². The molecule has 1 aliphatic rings. The van der Waals surface area contributed by atoms with Gasteiger partial charge in [0.15, 0.2) is 0 Å². The lowest BCUT2D eigenvalue weighted by atomic mass is 10.0. The van der Waals surface area contributed by atoms with E-state index in [0.717, 1.165) is 16.1 Å². The Bertz CT molecular complexity index is 1160. The Kier molecular flexibility index (Phi) is 9.08. The molecule has 1 aromatic carbocycles. The second-order valence-electron chi connectivity index (χ2n) is 8.69. The summed E-state index contributed by atoms with van der Waals surface area (Å²) in [5.41, 5.74) is 1.91. The molecule has 1 fully saturated rings. The van der Waals surface area contributed by atoms with Crippen molar-refractivity contribution in [2.75, 3.05) is 26.2 Å². The van der Waals surface area contributed by atoms with Crippen molar-refractivity contribution in [3.05, 3.63) is 87.3 Å². The summed E-state index contributed by atoms with van der Waals surface area (Å²) in [5, 5.41) is 5.56. The Morgan fingerprint density at radius 3 is 2.58 bits per heavy atom. The highest BCUT2D eigenvalue weighted by atomic mass is 35.5. The van der Waals surface area contributed by atoms with Crippen molar-refractivity contribution < 1.29 is 14.4 Å². The number of aromatic nitrogens is 1. The predicted molar refractivity (Wildman–Crippen MR) is 141 cm³/mol. The van der Waals surface area contributed by atoms with Gasteiger partial charge in [0.05, 0.1) is 13.0 Å². The lowest BCUT2D eigenvalue weighted by Crippen LogP contribution is -2.61. The molecule has 3 aromatic rings. The molecule has 2 aromatic heterocycles. The quantitative estimate of drug-likeness (QED) is 0.417. The van der Waals surface area contributed by atoms with E-state index < -0.39 is 6.04 Å². The zero-order valence-corrected chi connectivity index (χ0v) is 21.5. The first-order chi connectivity index (χ1) is 17.5. The van der Waals surface area contributed by atoms with E-state index in [-0.39, 0.29) is 30.7 Å². The Hall–Kier alpha value is -3.23. The zero-order chi connectivity index (χ0) is 25.3. The third-order valence-corrected chi connectivity index (χ3v) is 7.38. The van der Waals surface area contributed by atoms with Gasteiger partial charge in [-0.1, -0.05) is 35.9 Å². The van der Waals surface area contributed by atoms with Gasteiger partial charge in [0, 0.05) is 47.8 Å². The first-order valence-corrected chi connectivity index (χ1v) is 13.3. The van der Waals surface area contributed by atoms with E-state index in [4.69, 9.17) is 11.6 Å². The first-order valence-electron chi connectivity index (χ1n) is 12.0. The van der Waals surface area contributed by atoms with E-state index in [1.807, 2.05) is 60.0 Å². The maximum atomic E-state index is 13.4. The molecule has 0 saturated carbocycles. The second kappa shape index (κ2) is 12.6. The lowest BCUT2D eigenvalue weighted by Gasteiger charge is -2.40. The fourth-order valence-corrected chi connectivity index (χ4v) is 5.07. The average molecular weight is 525 g/mol. The third kappa shape index (κ3) is 7.15. The summed E-state index contributed by atoms with van der Waals surface area (Å²) in [6, 6.07) is 16.3. The van der Waals surface area contributed by atoms with Gasteiger partial charge in [-0.25, -0.2) is 0 Å². The molecule has 1 saturated heterocycles. The molecule has 0 aliphatic carbocycles. The van der Waals surface area contributed by atoms with Crippen LogP contribution in [0.2, 0.25) is 5.02 Å². The van der Waals surface area contributed by atoms with Crippen LogP contribution in [0.25, 0.3) is 0 Å². The maximum Gasteiger partial charge on any atom is 0.246 e. The van der Waals surface area contributed by atoms with Crippen LogP contribution in [-0.2, 0) is 33.6 Å². The number of hydrogen-bond donors (Lipinski definition) is 1. The summed E-state index contributed by atoms with van der Waals surface area (Å²) >= 11 is 7.55. The minimum absolute atomic E-state index is 0.0186.